The molecule has 10 heavy (non-hydrogen) atoms. The zero-order valence-corrected chi connectivity index (χ0v) is 16.3. The largest absolute Gasteiger partial charge is 2.00 e. The van der Waals surface area contributed by atoms with Crippen LogP contribution in [0.15, 0.2) is 0 Å². The number of hydrogen-bond acceptors (Lipinski definition) is 2. The van der Waals surface area contributed by atoms with Crippen LogP contribution in [0.4, 0.5) is 0 Å². The molecule has 2 nitrogen and oxygen atoms in total. The van der Waals surface area contributed by atoms with Gasteiger partial charge in [0, 0.05) is 61.1 Å². The average molecular weight is 397 g/mol. The van der Waals surface area contributed by atoms with Crippen LogP contribution in [0, 0.1) is 0 Å². The summed E-state index contributed by atoms with van der Waals surface area (Å²) < 4.78 is 0. The van der Waals surface area contributed by atoms with E-state index in [1.54, 1.807) is 27.7 Å². The Morgan fingerprint density at radius 3 is 0.900 bits per heavy atom. The smallest absolute Gasteiger partial charge is 1.00 e. The van der Waals surface area contributed by atoms with Crippen LogP contribution in [0.5, 0.6) is 0 Å². The molecule has 0 saturated heterocycles. The molecule has 0 aromatic heterocycles. The Bertz CT molecular complexity index is 37.0. The van der Waals surface area contributed by atoms with Crippen LogP contribution in [0.1, 0.15) is 30.5 Å². The Morgan fingerprint density at radius 1 is 0.900 bits per heavy atom. The van der Waals surface area contributed by atoms with Gasteiger partial charge in [0.15, 0.2) is 0 Å². The summed E-state index contributed by atoms with van der Waals surface area (Å²) in [6.45, 7) is 6.89. The van der Waals surface area contributed by atoms with E-state index in [9.17, 15) is 0 Å². The van der Waals surface area contributed by atoms with E-state index in [0.29, 0.717) is 0 Å². The molecule has 0 aromatic rings. The first-order valence-corrected chi connectivity index (χ1v) is 2.83. The first kappa shape index (κ1) is 23.1. The molecule has 0 aliphatic rings. The van der Waals surface area contributed by atoms with Crippen molar-refractivity contribution < 1.29 is 13.1 Å². The van der Waals surface area contributed by atoms with E-state index in [1.165, 1.54) is 0 Å². The van der Waals surface area contributed by atoms with Crippen molar-refractivity contribution in [1.29, 1.82) is 0 Å². The first-order chi connectivity index (χ1) is 3.46. The SMILES string of the molecule is CC(C)O.CC(C)O.[Ba+2].[Ba].[H-].[H-]. The Labute approximate surface area is 147 Å². The van der Waals surface area contributed by atoms with Crippen molar-refractivity contribution in [2.24, 2.45) is 0 Å². The van der Waals surface area contributed by atoms with Crippen LogP contribution >= 0.6 is 0 Å². The number of aliphatic hydroxyl groups excluding tert-OH is 2. The quantitative estimate of drug-likeness (QED) is 0.576. The summed E-state index contributed by atoms with van der Waals surface area (Å²) in [6.07, 6.45) is -0.333. The fourth-order valence-electron chi connectivity index (χ4n) is 0. The normalized spacial score (nSPS) is 7.20. The van der Waals surface area contributed by atoms with Crippen LogP contribution in [0.2, 0.25) is 0 Å². The molecule has 4 heteroatoms. The number of hydrogen-bond donors (Lipinski definition) is 2. The summed E-state index contributed by atoms with van der Waals surface area (Å²) in [5, 5.41) is 16.1. The predicted octanol–water partition coefficient (Wildman–Crippen LogP) is 0.238. The second-order valence-electron chi connectivity index (χ2n) is 2.19. The van der Waals surface area contributed by atoms with Crippen molar-refractivity contribution in [2.45, 2.75) is 39.9 Å². The Kier molecular flexibility index (Phi) is 41.6. The van der Waals surface area contributed by atoms with Gasteiger partial charge in [-0.2, -0.15) is 0 Å². The minimum atomic E-state index is -0.167. The molecule has 0 rings (SSSR count). The molecule has 0 aliphatic heterocycles. The minimum Gasteiger partial charge on any atom is -1.00 e. The van der Waals surface area contributed by atoms with E-state index in [1.807, 2.05) is 0 Å². The van der Waals surface area contributed by atoms with Crippen LogP contribution < -0.4 is 0 Å². The zero-order valence-electron chi connectivity index (χ0n) is 9.46. The monoisotopic (exact) mass is 398 g/mol. The third kappa shape index (κ3) is 119. The van der Waals surface area contributed by atoms with Gasteiger partial charge in [-0.25, -0.2) is 0 Å². The van der Waals surface area contributed by atoms with Gasteiger partial charge in [0.1, 0.15) is 0 Å². The van der Waals surface area contributed by atoms with Gasteiger partial charge in [-0.15, -0.1) is 0 Å². The molecule has 2 N–H and O–H groups in total. The minimum absolute atomic E-state index is 0. The van der Waals surface area contributed by atoms with Gasteiger partial charge in [-0.1, -0.05) is 0 Å². The van der Waals surface area contributed by atoms with E-state index in [-0.39, 0.29) is 113 Å². The van der Waals surface area contributed by atoms with Crippen molar-refractivity contribution in [3.8, 4) is 0 Å². The van der Waals surface area contributed by atoms with Gasteiger partial charge in [0.25, 0.3) is 0 Å². The fourth-order valence-corrected chi connectivity index (χ4v) is 0. The molecule has 0 saturated carbocycles. The van der Waals surface area contributed by atoms with Crippen molar-refractivity contribution in [3.05, 3.63) is 0 Å². The van der Waals surface area contributed by atoms with E-state index in [4.69, 9.17) is 10.2 Å². The standard InChI is InChI=1S/2C3H8O.2Ba.2H/c2*1-3(2)4;;;;/h2*3-4H,1-2H3;;;;/q;;;+2;2*-1. The summed E-state index contributed by atoms with van der Waals surface area (Å²) >= 11 is 0. The summed E-state index contributed by atoms with van der Waals surface area (Å²) in [7, 11) is 0. The molecular weight excluding hydrogens is 379 g/mol. The molecule has 0 unspecified atom stereocenters. The number of aliphatic hydroxyl groups is 2. The van der Waals surface area contributed by atoms with Crippen LogP contribution in [-0.4, -0.2) is 120 Å². The molecule has 2 radical (unpaired) electrons. The first-order valence-electron chi connectivity index (χ1n) is 2.83. The maximum absolute atomic E-state index is 8.06. The fraction of sp³-hybridized carbons (Fsp3) is 1.00. The third-order valence-electron chi connectivity index (χ3n) is 0. The third-order valence-corrected chi connectivity index (χ3v) is 0. The summed E-state index contributed by atoms with van der Waals surface area (Å²) in [5.41, 5.74) is 0. The second-order valence-corrected chi connectivity index (χ2v) is 2.19. The van der Waals surface area contributed by atoms with Gasteiger partial charge in [0.2, 0.25) is 0 Å². The molecule has 0 heterocycles. The molecule has 0 bridgehead atoms. The molecule has 0 aliphatic carbocycles. The molecule has 0 amide bonds. The van der Waals surface area contributed by atoms with Gasteiger partial charge >= 0.3 is 48.9 Å². The van der Waals surface area contributed by atoms with Crippen molar-refractivity contribution in [2.75, 3.05) is 0 Å². The molecule has 58 valence electrons. The van der Waals surface area contributed by atoms with Crippen molar-refractivity contribution >= 4 is 97.8 Å². The van der Waals surface area contributed by atoms with Gasteiger partial charge < -0.3 is 13.1 Å². The van der Waals surface area contributed by atoms with Crippen LogP contribution in [-0.2, 0) is 0 Å². The van der Waals surface area contributed by atoms with E-state index in [2.05, 4.69) is 0 Å². The summed E-state index contributed by atoms with van der Waals surface area (Å²) in [6, 6.07) is 0. The van der Waals surface area contributed by atoms with Crippen molar-refractivity contribution in [3.63, 3.8) is 0 Å². The van der Waals surface area contributed by atoms with Crippen LogP contribution in [0.3, 0.4) is 0 Å². The van der Waals surface area contributed by atoms with Gasteiger partial charge in [-0.05, 0) is 27.7 Å². The maximum Gasteiger partial charge on any atom is 2.00 e. The van der Waals surface area contributed by atoms with E-state index in [0.717, 1.165) is 0 Å². The van der Waals surface area contributed by atoms with Gasteiger partial charge in [-0.3, -0.25) is 0 Å². The average Bonchev–Trinajstić information content (AvgIpc) is 1.25. The molecule has 0 aromatic carbocycles. The summed E-state index contributed by atoms with van der Waals surface area (Å²) in [5.74, 6) is 0. The second kappa shape index (κ2) is 18.0. The molecule has 0 fully saturated rings. The Hall–Kier alpha value is 3.06. The topological polar surface area (TPSA) is 40.5 Å². The molecule has 0 atom stereocenters. The summed E-state index contributed by atoms with van der Waals surface area (Å²) in [4.78, 5) is 0. The van der Waals surface area contributed by atoms with Gasteiger partial charge in [0.05, 0.1) is 0 Å². The van der Waals surface area contributed by atoms with Crippen LogP contribution in [0.25, 0.3) is 0 Å². The number of rotatable bonds is 0. The zero-order chi connectivity index (χ0) is 7.15. The maximum atomic E-state index is 8.06. The van der Waals surface area contributed by atoms with E-state index < -0.39 is 0 Å². The molecule has 0 spiro atoms. The predicted molar refractivity (Wildman–Crippen MR) is 48.4 cm³/mol. The van der Waals surface area contributed by atoms with Crippen molar-refractivity contribution in [1.82, 2.24) is 0 Å². The Morgan fingerprint density at radius 2 is 0.900 bits per heavy atom. The van der Waals surface area contributed by atoms with E-state index >= 15 is 0 Å². The molecular formula is C6H18Ba2O2. The Balaban J connectivity index is -0.0000000112.